The predicted octanol–water partition coefficient (Wildman–Crippen LogP) is 2.42. The molecule has 7 nitrogen and oxygen atoms in total. The SMILES string of the molecule is COc1ccc(S(=O)(=O)N2CCC3(CCc4ccc(C(=O)CO)cc4O3)CC2)cc1. The summed E-state index contributed by atoms with van der Waals surface area (Å²) in [6, 6.07) is 11.7. The smallest absolute Gasteiger partial charge is 0.243 e. The van der Waals surface area contributed by atoms with Crippen LogP contribution in [0.1, 0.15) is 35.2 Å². The number of hydrogen-bond acceptors (Lipinski definition) is 6. The molecule has 0 amide bonds. The summed E-state index contributed by atoms with van der Waals surface area (Å²) in [4.78, 5) is 12.1. The molecule has 0 saturated carbocycles. The summed E-state index contributed by atoms with van der Waals surface area (Å²) in [7, 11) is -2.03. The Morgan fingerprint density at radius 1 is 1.13 bits per heavy atom. The minimum atomic E-state index is -3.57. The molecule has 30 heavy (non-hydrogen) atoms. The van der Waals surface area contributed by atoms with Gasteiger partial charge in [0.15, 0.2) is 5.78 Å². The largest absolute Gasteiger partial charge is 0.497 e. The van der Waals surface area contributed by atoms with E-state index in [0.717, 1.165) is 18.4 Å². The Kier molecular flexibility index (Phi) is 5.57. The number of Topliss-reactive ketones (excluding diaryl/α,β-unsaturated/α-hetero) is 1. The molecule has 2 aliphatic heterocycles. The Labute approximate surface area is 176 Å². The fourth-order valence-electron chi connectivity index (χ4n) is 4.15. The second-order valence-corrected chi connectivity index (χ2v) is 9.71. The summed E-state index contributed by atoms with van der Waals surface area (Å²) in [6.45, 7) is 0.208. The van der Waals surface area contributed by atoms with Crippen LogP contribution in [0.4, 0.5) is 0 Å². The van der Waals surface area contributed by atoms with Gasteiger partial charge in [-0.15, -0.1) is 0 Å². The van der Waals surface area contributed by atoms with E-state index >= 15 is 0 Å². The lowest BCUT2D eigenvalue weighted by molar-refractivity contribution is 0.00172. The zero-order valence-corrected chi connectivity index (χ0v) is 17.7. The molecule has 0 bridgehead atoms. The molecule has 1 fully saturated rings. The maximum absolute atomic E-state index is 13.0. The van der Waals surface area contributed by atoms with E-state index in [-0.39, 0.29) is 10.7 Å². The second-order valence-electron chi connectivity index (χ2n) is 7.77. The number of hydrogen-bond donors (Lipinski definition) is 1. The lowest BCUT2D eigenvalue weighted by Gasteiger charge is -2.44. The summed E-state index contributed by atoms with van der Waals surface area (Å²) >= 11 is 0. The summed E-state index contributed by atoms with van der Waals surface area (Å²) < 4.78 is 38.9. The molecule has 0 atom stereocenters. The summed E-state index contributed by atoms with van der Waals surface area (Å²) in [5.74, 6) is 0.924. The highest BCUT2D eigenvalue weighted by atomic mass is 32.2. The van der Waals surface area contributed by atoms with Gasteiger partial charge in [-0.05, 0) is 48.7 Å². The van der Waals surface area contributed by atoms with Crippen LogP contribution in [0, 0.1) is 0 Å². The summed E-state index contributed by atoms with van der Waals surface area (Å²) in [5.41, 5.74) is 1.02. The van der Waals surface area contributed by atoms with Gasteiger partial charge in [0.25, 0.3) is 0 Å². The Hall–Kier alpha value is -2.42. The minimum Gasteiger partial charge on any atom is -0.497 e. The second kappa shape index (κ2) is 8.02. The van der Waals surface area contributed by atoms with E-state index < -0.39 is 22.2 Å². The van der Waals surface area contributed by atoms with Crippen molar-refractivity contribution >= 4 is 15.8 Å². The van der Waals surface area contributed by atoms with Gasteiger partial charge < -0.3 is 14.6 Å². The number of rotatable bonds is 5. The van der Waals surface area contributed by atoms with Gasteiger partial charge in [0.2, 0.25) is 10.0 Å². The number of aliphatic hydroxyl groups excluding tert-OH is 1. The Morgan fingerprint density at radius 2 is 1.83 bits per heavy atom. The van der Waals surface area contributed by atoms with Crippen LogP contribution in [-0.4, -0.2) is 56.0 Å². The molecule has 0 unspecified atom stereocenters. The van der Waals surface area contributed by atoms with Crippen LogP contribution >= 0.6 is 0 Å². The first-order valence-electron chi connectivity index (χ1n) is 9.97. The fourth-order valence-corrected chi connectivity index (χ4v) is 5.59. The monoisotopic (exact) mass is 431 g/mol. The van der Waals surface area contributed by atoms with E-state index in [2.05, 4.69) is 0 Å². The average Bonchev–Trinajstić information content (AvgIpc) is 2.78. The van der Waals surface area contributed by atoms with E-state index in [4.69, 9.17) is 14.6 Å². The number of aliphatic hydroxyl groups is 1. The molecule has 8 heteroatoms. The molecule has 0 aromatic heterocycles. The Morgan fingerprint density at radius 3 is 2.47 bits per heavy atom. The number of sulfonamides is 1. The van der Waals surface area contributed by atoms with Gasteiger partial charge >= 0.3 is 0 Å². The van der Waals surface area contributed by atoms with Crippen LogP contribution in [0.5, 0.6) is 11.5 Å². The van der Waals surface area contributed by atoms with E-state index in [1.165, 1.54) is 4.31 Å². The summed E-state index contributed by atoms with van der Waals surface area (Å²) in [6.07, 6.45) is 2.79. The van der Waals surface area contributed by atoms with Crippen molar-refractivity contribution < 1.29 is 27.8 Å². The van der Waals surface area contributed by atoms with Crippen molar-refractivity contribution in [2.45, 2.75) is 36.2 Å². The fraction of sp³-hybridized carbons (Fsp3) is 0.409. The molecule has 2 heterocycles. The third-order valence-corrected chi connectivity index (χ3v) is 7.95. The van der Waals surface area contributed by atoms with Crippen molar-refractivity contribution in [2.24, 2.45) is 0 Å². The van der Waals surface area contributed by atoms with Crippen LogP contribution in [-0.2, 0) is 16.4 Å². The zero-order valence-electron chi connectivity index (χ0n) is 16.8. The lowest BCUT2D eigenvalue weighted by atomic mass is 9.83. The molecular formula is C22H25NO6S. The van der Waals surface area contributed by atoms with Gasteiger partial charge in [-0.3, -0.25) is 4.79 Å². The van der Waals surface area contributed by atoms with E-state index in [9.17, 15) is 13.2 Å². The molecule has 0 radical (unpaired) electrons. The van der Waals surface area contributed by atoms with Crippen molar-refractivity contribution in [1.82, 2.24) is 4.31 Å². The summed E-state index contributed by atoms with van der Waals surface area (Å²) in [5, 5.41) is 9.10. The molecule has 1 spiro atoms. The van der Waals surface area contributed by atoms with Crippen molar-refractivity contribution in [2.75, 3.05) is 26.8 Å². The van der Waals surface area contributed by atoms with E-state index in [0.29, 0.717) is 43.0 Å². The molecule has 1 N–H and O–H groups in total. The third kappa shape index (κ3) is 3.82. The number of carbonyl (C=O) groups excluding carboxylic acids is 1. The maximum Gasteiger partial charge on any atom is 0.243 e. The zero-order chi connectivity index (χ0) is 21.4. The number of carbonyl (C=O) groups is 1. The van der Waals surface area contributed by atoms with Gasteiger partial charge in [-0.2, -0.15) is 4.31 Å². The van der Waals surface area contributed by atoms with Crippen molar-refractivity contribution in [3.05, 3.63) is 53.6 Å². The van der Waals surface area contributed by atoms with Crippen LogP contribution in [0.2, 0.25) is 0 Å². The quantitative estimate of drug-likeness (QED) is 0.731. The molecule has 2 aliphatic rings. The molecule has 2 aromatic rings. The normalized spacial score (nSPS) is 18.5. The predicted molar refractivity (Wildman–Crippen MR) is 111 cm³/mol. The van der Waals surface area contributed by atoms with Crippen molar-refractivity contribution in [1.29, 1.82) is 0 Å². The van der Waals surface area contributed by atoms with E-state index in [1.54, 1.807) is 43.5 Å². The molecular weight excluding hydrogens is 406 g/mol. The van der Waals surface area contributed by atoms with Crippen molar-refractivity contribution in [3.8, 4) is 11.5 Å². The highest BCUT2D eigenvalue weighted by Crippen LogP contribution is 2.40. The third-order valence-electron chi connectivity index (χ3n) is 6.04. The molecule has 2 aromatic carbocycles. The number of ether oxygens (including phenoxy) is 2. The number of fused-ring (bicyclic) bond motifs is 1. The highest BCUT2D eigenvalue weighted by Gasteiger charge is 2.42. The lowest BCUT2D eigenvalue weighted by Crippen LogP contribution is -2.51. The first-order chi connectivity index (χ1) is 14.4. The Balaban J connectivity index is 1.48. The topological polar surface area (TPSA) is 93.1 Å². The molecule has 0 aliphatic carbocycles. The number of piperidine rings is 1. The van der Waals surface area contributed by atoms with Gasteiger partial charge in [0.1, 0.15) is 23.7 Å². The van der Waals surface area contributed by atoms with Gasteiger partial charge in [0.05, 0.1) is 12.0 Å². The van der Waals surface area contributed by atoms with Gasteiger partial charge in [0, 0.05) is 31.5 Å². The first kappa shape index (κ1) is 20.8. The van der Waals surface area contributed by atoms with Crippen LogP contribution < -0.4 is 9.47 Å². The number of ketones is 1. The number of nitrogens with zero attached hydrogens (tertiary/aromatic N) is 1. The van der Waals surface area contributed by atoms with Crippen LogP contribution in [0.15, 0.2) is 47.4 Å². The highest BCUT2D eigenvalue weighted by molar-refractivity contribution is 7.89. The van der Waals surface area contributed by atoms with Crippen LogP contribution in [0.25, 0.3) is 0 Å². The van der Waals surface area contributed by atoms with E-state index in [1.807, 2.05) is 6.07 Å². The van der Waals surface area contributed by atoms with Gasteiger partial charge in [-0.25, -0.2) is 8.42 Å². The number of methoxy groups -OCH3 is 1. The standard InChI is InChI=1S/C22H25NO6S/c1-28-18-4-6-19(7-5-18)30(26,27)23-12-10-22(11-13-23)9-8-16-2-3-17(20(25)15-24)14-21(16)29-22/h2-7,14,24H,8-13,15H2,1H3. The minimum absolute atomic E-state index is 0.251. The maximum atomic E-state index is 13.0. The number of benzene rings is 2. The number of aryl methyl sites for hydroxylation is 1. The van der Waals surface area contributed by atoms with Crippen molar-refractivity contribution in [3.63, 3.8) is 0 Å². The Bertz CT molecular complexity index is 1040. The van der Waals surface area contributed by atoms with Gasteiger partial charge in [-0.1, -0.05) is 12.1 Å². The molecule has 1 saturated heterocycles. The first-order valence-corrected chi connectivity index (χ1v) is 11.4. The van der Waals surface area contributed by atoms with Crippen LogP contribution in [0.3, 0.4) is 0 Å². The molecule has 4 rings (SSSR count). The molecule has 160 valence electrons. The average molecular weight is 432 g/mol.